The fourth-order valence-corrected chi connectivity index (χ4v) is 4.02. The van der Waals surface area contributed by atoms with Crippen molar-refractivity contribution >= 4 is 28.3 Å². The molecule has 0 amide bonds. The van der Waals surface area contributed by atoms with E-state index in [1.165, 1.54) is 6.33 Å². The molecule has 4 aromatic heterocycles. The van der Waals surface area contributed by atoms with Crippen LogP contribution in [0.4, 0.5) is 16.0 Å². The summed E-state index contributed by atoms with van der Waals surface area (Å²) in [7, 11) is 1.82. The quantitative estimate of drug-likeness (QED) is 0.554. The summed E-state index contributed by atoms with van der Waals surface area (Å²) in [5, 5.41) is 12.0. The molecule has 1 N–H and O–H groups in total. The van der Waals surface area contributed by atoms with Crippen LogP contribution in [-0.4, -0.2) is 52.7 Å². The second-order valence-electron chi connectivity index (χ2n) is 8.24. The lowest BCUT2D eigenvalue weighted by molar-refractivity contribution is -0.113. The first kappa shape index (κ1) is 18.9. The van der Waals surface area contributed by atoms with Crippen molar-refractivity contribution in [2.24, 2.45) is 7.05 Å². The van der Waals surface area contributed by atoms with Gasteiger partial charge in [0.25, 0.3) is 0 Å². The average Bonchev–Trinajstić information content (AvgIpc) is 3.28. The summed E-state index contributed by atoms with van der Waals surface area (Å²) >= 11 is 0. The Bertz CT molecular complexity index is 1250. The van der Waals surface area contributed by atoms with Crippen molar-refractivity contribution in [2.45, 2.75) is 44.9 Å². The van der Waals surface area contributed by atoms with Crippen molar-refractivity contribution in [3.05, 3.63) is 36.0 Å². The molecule has 4 aromatic rings. The van der Waals surface area contributed by atoms with Gasteiger partial charge in [0.1, 0.15) is 23.5 Å². The number of nitrogens with zero attached hydrogens (tertiary/aromatic N) is 7. The molecule has 5 heterocycles. The lowest BCUT2D eigenvalue weighted by Gasteiger charge is -2.38. The van der Waals surface area contributed by atoms with E-state index in [1.807, 2.05) is 26.2 Å². The SMILES string of the molecule is Cc1cc2ncnn2cc1Nc1ncc2c(n1)c(C1CCOC(C)(C)C1F)nn2C. The largest absolute Gasteiger partial charge is 0.373 e. The van der Waals surface area contributed by atoms with Gasteiger partial charge >= 0.3 is 0 Å². The second-order valence-corrected chi connectivity index (χ2v) is 8.24. The van der Waals surface area contributed by atoms with Gasteiger partial charge in [0.05, 0.1) is 29.4 Å². The third-order valence-electron chi connectivity index (χ3n) is 5.76. The molecule has 5 rings (SSSR count). The molecule has 1 aliphatic rings. The van der Waals surface area contributed by atoms with Gasteiger partial charge in [0.2, 0.25) is 5.95 Å². The lowest BCUT2D eigenvalue weighted by atomic mass is 9.84. The number of hydrogen-bond donors (Lipinski definition) is 1. The van der Waals surface area contributed by atoms with Crippen molar-refractivity contribution in [2.75, 3.05) is 11.9 Å². The molecule has 2 atom stereocenters. The van der Waals surface area contributed by atoms with E-state index in [9.17, 15) is 0 Å². The molecule has 0 aliphatic carbocycles. The van der Waals surface area contributed by atoms with Crippen LogP contribution in [0.2, 0.25) is 0 Å². The maximum atomic E-state index is 15.2. The lowest BCUT2D eigenvalue weighted by Crippen LogP contribution is -2.45. The van der Waals surface area contributed by atoms with Crippen molar-refractivity contribution in [1.82, 2.24) is 34.3 Å². The van der Waals surface area contributed by atoms with Crippen LogP contribution in [0, 0.1) is 6.92 Å². The first-order valence-corrected chi connectivity index (χ1v) is 9.88. The molecule has 1 fully saturated rings. The topological polar surface area (TPSA) is 95.1 Å². The van der Waals surface area contributed by atoms with Crippen LogP contribution >= 0.6 is 0 Å². The van der Waals surface area contributed by atoms with Crippen LogP contribution in [-0.2, 0) is 11.8 Å². The van der Waals surface area contributed by atoms with Crippen molar-refractivity contribution < 1.29 is 9.13 Å². The third-order valence-corrected chi connectivity index (χ3v) is 5.76. The molecular weight excluding hydrogens is 387 g/mol. The van der Waals surface area contributed by atoms with E-state index in [0.717, 1.165) is 22.4 Å². The maximum Gasteiger partial charge on any atom is 0.227 e. The highest BCUT2D eigenvalue weighted by Crippen LogP contribution is 2.40. The van der Waals surface area contributed by atoms with Gasteiger partial charge in [0, 0.05) is 19.6 Å². The first-order valence-electron chi connectivity index (χ1n) is 9.88. The predicted octanol–water partition coefficient (Wildman–Crippen LogP) is 3.08. The Hall–Kier alpha value is -3.14. The molecular formula is C20H23FN8O. The number of alkyl halides is 1. The molecule has 1 aliphatic heterocycles. The molecule has 0 aromatic carbocycles. The average molecular weight is 410 g/mol. The second kappa shape index (κ2) is 6.69. The number of halogens is 1. The van der Waals surface area contributed by atoms with Crippen molar-refractivity contribution in [3.63, 3.8) is 0 Å². The van der Waals surface area contributed by atoms with Gasteiger partial charge in [0.15, 0.2) is 5.65 Å². The third kappa shape index (κ3) is 2.98. The molecule has 2 unspecified atom stereocenters. The van der Waals surface area contributed by atoms with Gasteiger partial charge in [-0.3, -0.25) is 4.68 Å². The number of hydrogen-bond acceptors (Lipinski definition) is 7. The summed E-state index contributed by atoms with van der Waals surface area (Å²) in [5.74, 6) is 0.0366. The van der Waals surface area contributed by atoms with Crippen LogP contribution in [0.3, 0.4) is 0 Å². The number of fused-ring (bicyclic) bond motifs is 2. The van der Waals surface area contributed by atoms with Crippen LogP contribution in [0.5, 0.6) is 0 Å². The minimum atomic E-state index is -1.17. The monoisotopic (exact) mass is 410 g/mol. The van der Waals surface area contributed by atoms with Gasteiger partial charge in [-0.15, -0.1) is 0 Å². The number of aromatic nitrogens is 7. The first-order chi connectivity index (χ1) is 14.3. The van der Waals surface area contributed by atoms with E-state index in [0.29, 0.717) is 30.2 Å². The molecule has 30 heavy (non-hydrogen) atoms. The van der Waals surface area contributed by atoms with E-state index in [4.69, 9.17) is 9.72 Å². The Labute approximate surface area is 172 Å². The zero-order valence-electron chi connectivity index (χ0n) is 17.3. The summed E-state index contributed by atoms with van der Waals surface area (Å²) in [6.07, 6.45) is 4.45. The molecule has 0 saturated carbocycles. The van der Waals surface area contributed by atoms with Crippen LogP contribution in [0.1, 0.15) is 37.4 Å². The summed E-state index contributed by atoms with van der Waals surface area (Å²) in [4.78, 5) is 13.3. The van der Waals surface area contributed by atoms with E-state index in [-0.39, 0.29) is 5.92 Å². The number of rotatable bonds is 3. The summed E-state index contributed by atoms with van der Waals surface area (Å²) < 4.78 is 24.2. The Morgan fingerprint density at radius 2 is 2.13 bits per heavy atom. The Kier molecular flexibility index (Phi) is 4.21. The number of aryl methyl sites for hydroxylation is 2. The molecule has 0 radical (unpaired) electrons. The number of ether oxygens (including phenoxy) is 1. The maximum absolute atomic E-state index is 15.2. The van der Waals surface area contributed by atoms with Gasteiger partial charge < -0.3 is 10.1 Å². The Morgan fingerprint density at radius 3 is 2.97 bits per heavy atom. The number of anilines is 2. The van der Waals surface area contributed by atoms with Gasteiger partial charge in [-0.05, 0) is 38.8 Å². The van der Waals surface area contributed by atoms with Crippen LogP contribution < -0.4 is 5.32 Å². The molecule has 9 nitrogen and oxygen atoms in total. The minimum Gasteiger partial charge on any atom is -0.373 e. The smallest absolute Gasteiger partial charge is 0.227 e. The van der Waals surface area contributed by atoms with Crippen molar-refractivity contribution in [3.8, 4) is 0 Å². The van der Waals surface area contributed by atoms with E-state index in [2.05, 4.69) is 25.5 Å². The molecule has 156 valence electrons. The normalized spacial score (nSPS) is 21.4. The fourth-order valence-electron chi connectivity index (χ4n) is 4.02. The van der Waals surface area contributed by atoms with E-state index < -0.39 is 11.8 Å². The Balaban J connectivity index is 1.55. The summed E-state index contributed by atoms with van der Waals surface area (Å²) in [5.41, 5.74) is 3.76. The highest BCUT2D eigenvalue weighted by molar-refractivity contribution is 5.79. The highest BCUT2D eigenvalue weighted by atomic mass is 19.1. The fraction of sp³-hybridized carbons (Fsp3) is 0.450. The summed E-state index contributed by atoms with van der Waals surface area (Å²) in [6, 6.07) is 1.93. The van der Waals surface area contributed by atoms with Gasteiger partial charge in [-0.2, -0.15) is 10.2 Å². The zero-order chi connectivity index (χ0) is 21.0. The van der Waals surface area contributed by atoms with Gasteiger partial charge in [-0.25, -0.2) is 23.9 Å². The zero-order valence-corrected chi connectivity index (χ0v) is 17.3. The number of nitrogens with one attached hydrogen (secondary N) is 1. The van der Waals surface area contributed by atoms with Crippen LogP contribution in [0.25, 0.3) is 16.7 Å². The number of pyridine rings is 1. The van der Waals surface area contributed by atoms with Gasteiger partial charge in [-0.1, -0.05) is 0 Å². The van der Waals surface area contributed by atoms with E-state index in [1.54, 1.807) is 29.2 Å². The van der Waals surface area contributed by atoms with Crippen molar-refractivity contribution in [1.29, 1.82) is 0 Å². The highest BCUT2D eigenvalue weighted by Gasteiger charge is 2.43. The molecule has 1 saturated heterocycles. The molecule has 0 spiro atoms. The Morgan fingerprint density at radius 1 is 1.30 bits per heavy atom. The molecule has 0 bridgehead atoms. The minimum absolute atomic E-state index is 0.381. The summed E-state index contributed by atoms with van der Waals surface area (Å²) in [6.45, 7) is 6.02. The standard InChI is InChI=1S/C20H23FN8O/c1-11-7-15-23-10-24-29(15)9-13(11)25-19-22-8-14-17(26-19)16(27-28(14)4)12-5-6-30-20(2,3)18(12)21/h7-10,12,18H,5-6H2,1-4H3,(H,22,25,26). The van der Waals surface area contributed by atoms with Crippen LogP contribution in [0.15, 0.2) is 24.8 Å². The predicted molar refractivity (Wildman–Crippen MR) is 110 cm³/mol. The van der Waals surface area contributed by atoms with E-state index >= 15 is 4.39 Å². The molecule has 10 heteroatoms.